The van der Waals surface area contributed by atoms with E-state index < -0.39 is 0 Å². The first-order valence-electron chi connectivity index (χ1n) is 7.21. The molecule has 0 saturated carbocycles. The van der Waals surface area contributed by atoms with Crippen molar-refractivity contribution < 1.29 is 4.39 Å². The first-order chi connectivity index (χ1) is 9.13. The van der Waals surface area contributed by atoms with Gasteiger partial charge in [0, 0.05) is 25.2 Å². The summed E-state index contributed by atoms with van der Waals surface area (Å²) in [4.78, 5) is 6.45. The maximum Gasteiger partial charge on any atom is 0.141 e. The van der Waals surface area contributed by atoms with E-state index in [4.69, 9.17) is 0 Å². The van der Waals surface area contributed by atoms with Crippen LogP contribution in [0.2, 0.25) is 0 Å². The molecule has 4 heteroatoms. The molecule has 19 heavy (non-hydrogen) atoms. The predicted molar refractivity (Wildman–Crippen MR) is 79.0 cm³/mol. The fourth-order valence-electron chi connectivity index (χ4n) is 2.33. The zero-order valence-corrected chi connectivity index (χ0v) is 12.5. The molecule has 0 aliphatic heterocycles. The van der Waals surface area contributed by atoms with Crippen molar-refractivity contribution in [1.29, 1.82) is 0 Å². The minimum atomic E-state index is -0.269. The zero-order chi connectivity index (χ0) is 14.3. The van der Waals surface area contributed by atoms with E-state index in [2.05, 4.69) is 36.0 Å². The van der Waals surface area contributed by atoms with Crippen LogP contribution in [0.15, 0.2) is 12.3 Å². The molecule has 0 aliphatic carbocycles. The topological polar surface area (TPSA) is 28.2 Å². The summed E-state index contributed by atoms with van der Waals surface area (Å²) in [6, 6.07) is 2.03. The summed E-state index contributed by atoms with van der Waals surface area (Å²) < 4.78 is 13.4. The Morgan fingerprint density at radius 2 is 2.00 bits per heavy atom. The average Bonchev–Trinajstić information content (AvgIpc) is 2.40. The summed E-state index contributed by atoms with van der Waals surface area (Å²) in [5.74, 6) is 0.619. The number of hydrogen-bond donors (Lipinski definition) is 1. The molecule has 1 rings (SSSR count). The van der Waals surface area contributed by atoms with Gasteiger partial charge in [-0.1, -0.05) is 20.8 Å². The SMILES string of the molecule is CCCNCc1cc(F)cnc1N(C)C(CC)CC. The molecular weight excluding hydrogens is 241 g/mol. The van der Waals surface area contributed by atoms with Crippen LogP contribution in [0.3, 0.4) is 0 Å². The number of pyridine rings is 1. The second-order valence-corrected chi connectivity index (χ2v) is 4.89. The minimum absolute atomic E-state index is 0.269. The minimum Gasteiger partial charge on any atom is -0.356 e. The molecule has 0 aliphatic rings. The highest BCUT2D eigenvalue weighted by molar-refractivity contribution is 5.47. The van der Waals surface area contributed by atoms with Crippen LogP contribution in [0, 0.1) is 5.82 Å². The van der Waals surface area contributed by atoms with E-state index in [0.717, 1.165) is 37.2 Å². The molecule has 0 saturated heterocycles. The van der Waals surface area contributed by atoms with E-state index in [0.29, 0.717) is 12.6 Å². The van der Waals surface area contributed by atoms with Crippen LogP contribution < -0.4 is 10.2 Å². The molecule has 0 aromatic carbocycles. The van der Waals surface area contributed by atoms with Crippen molar-refractivity contribution >= 4 is 5.82 Å². The number of nitrogens with zero attached hydrogens (tertiary/aromatic N) is 2. The van der Waals surface area contributed by atoms with Gasteiger partial charge in [-0.15, -0.1) is 0 Å². The van der Waals surface area contributed by atoms with E-state index in [1.54, 1.807) is 6.07 Å². The molecule has 0 bridgehead atoms. The molecule has 0 fully saturated rings. The van der Waals surface area contributed by atoms with Gasteiger partial charge in [-0.05, 0) is 31.9 Å². The molecule has 1 N–H and O–H groups in total. The standard InChI is InChI=1S/C15H26FN3/c1-5-8-17-10-12-9-13(16)11-18-15(12)19(4)14(6-2)7-3/h9,11,14,17H,5-8,10H2,1-4H3. The van der Waals surface area contributed by atoms with Crippen molar-refractivity contribution in [2.24, 2.45) is 0 Å². The van der Waals surface area contributed by atoms with Crippen LogP contribution in [0.1, 0.15) is 45.6 Å². The Hall–Kier alpha value is -1.16. The second kappa shape index (κ2) is 8.10. The Kier molecular flexibility index (Phi) is 6.78. The van der Waals surface area contributed by atoms with Gasteiger partial charge < -0.3 is 10.2 Å². The van der Waals surface area contributed by atoms with Gasteiger partial charge in [-0.2, -0.15) is 0 Å². The molecule has 0 spiro atoms. The van der Waals surface area contributed by atoms with Gasteiger partial charge in [-0.25, -0.2) is 9.37 Å². The van der Waals surface area contributed by atoms with E-state index in [1.165, 1.54) is 6.20 Å². The van der Waals surface area contributed by atoms with Crippen LogP contribution in [-0.4, -0.2) is 24.6 Å². The molecule has 1 heterocycles. The highest BCUT2D eigenvalue weighted by Gasteiger charge is 2.16. The van der Waals surface area contributed by atoms with Crippen molar-refractivity contribution in [3.05, 3.63) is 23.6 Å². The van der Waals surface area contributed by atoms with E-state index in [9.17, 15) is 4.39 Å². The fraction of sp³-hybridized carbons (Fsp3) is 0.667. The Labute approximate surface area is 116 Å². The van der Waals surface area contributed by atoms with Gasteiger partial charge in [0.25, 0.3) is 0 Å². The first kappa shape index (κ1) is 15.9. The Morgan fingerprint density at radius 3 is 2.58 bits per heavy atom. The molecule has 1 aromatic heterocycles. The van der Waals surface area contributed by atoms with Crippen LogP contribution in [0.25, 0.3) is 0 Å². The third-order valence-electron chi connectivity index (χ3n) is 3.48. The van der Waals surface area contributed by atoms with Crippen molar-refractivity contribution in [3.63, 3.8) is 0 Å². The van der Waals surface area contributed by atoms with Gasteiger partial charge >= 0.3 is 0 Å². The predicted octanol–water partition coefficient (Wildman–Crippen LogP) is 3.35. The second-order valence-electron chi connectivity index (χ2n) is 4.89. The molecule has 0 radical (unpaired) electrons. The summed E-state index contributed by atoms with van der Waals surface area (Å²) in [5, 5.41) is 3.32. The summed E-state index contributed by atoms with van der Waals surface area (Å²) in [6.45, 7) is 8.06. The van der Waals surface area contributed by atoms with Crippen LogP contribution in [0.5, 0.6) is 0 Å². The number of anilines is 1. The molecule has 0 unspecified atom stereocenters. The molecule has 0 amide bonds. The van der Waals surface area contributed by atoms with Gasteiger partial charge in [0.05, 0.1) is 6.20 Å². The number of rotatable bonds is 8. The third-order valence-corrected chi connectivity index (χ3v) is 3.48. The molecule has 108 valence electrons. The maximum atomic E-state index is 13.4. The number of aromatic nitrogens is 1. The number of hydrogen-bond acceptors (Lipinski definition) is 3. The molecule has 3 nitrogen and oxygen atoms in total. The first-order valence-corrected chi connectivity index (χ1v) is 7.21. The van der Waals surface area contributed by atoms with Crippen molar-refractivity contribution in [2.75, 3.05) is 18.5 Å². The van der Waals surface area contributed by atoms with Gasteiger partial charge in [0.15, 0.2) is 0 Å². The fourth-order valence-corrected chi connectivity index (χ4v) is 2.33. The lowest BCUT2D eigenvalue weighted by molar-refractivity contribution is 0.574. The monoisotopic (exact) mass is 267 g/mol. The zero-order valence-electron chi connectivity index (χ0n) is 12.5. The number of nitrogens with one attached hydrogen (secondary N) is 1. The Balaban J connectivity index is 2.91. The highest BCUT2D eigenvalue weighted by atomic mass is 19.1. The van der Waals surface area contributed by atoms with Crippen molar-refractivity contribution in [3.8, 4) is 0 Å². The summed E-state index contributed by atoms with van der Waals surface area (Å²) in [5.41, 5.74) is 0.933. The lowest BCUT2D eigenvalue weighted by Crippen LogP contribution is -2.32. The van der Waals surface area contributed by atoms with E-state index >= 15 is 0 Å². The maximum absolute atomic E-state index is 13.4. The van der Waals surface area contributed by atoms with E-state index in [1.807, 2.05) is 7.05 Å². The number of halogens is 1. The van der Waals surface area contributed by atoms with Gasteiger partial charge in [-0.3, -0.25) is 0 Å². The third kappa shape index (κ3) is 4.46. The largest absolute Gasteiger partial charge is 0.356 e. The van der Waals surface area contributed by atoms with Crippen LogP contribution >= 0.6 is 0 Å². The average molecular weight is 267 g/mol. The normalized spacial score (nSPS) is 11.1. The lowest BCUT2D eigenvalue weighted by Gasteiger charge is -2.29. The Morgan fingerprint density at radius 1 is 1.32 bits per heavy atom. The van der Waals surface area contributed by atoms with Crippen molar-refractivity contribution in [2.45, 2.75) is 52.6 Å². The quantitative estimate of drug-likeness (QED) is 0.732. The lowest BCUT2D eigenvalue weighted by atomic mass is 10.1. The highest BCUT2D eigenvalue weighted by Crippen LogP contribution is 2.21. The Bertz CT molecular complexity index is 378. The smallest absolute Gasteiger partial charge is 0.141 e. The van der Waals surface area contributed by atoms with Gasteiger partial charge in [0.1, 0.15) is 11.6 Å². The summed E-state index contributed by atoms with van der Waals surface area (Å²) in [7, 11) is 2.04. The van der Waals surface area contributed by atoms with Crippen LogP contribution in [-0.2, 0) is 6.54 Å². The van der Waals surface area contributed by atoms with E-state index in [-0.39, 0.29) is 5.82 Å². The molecule has 0 atom stereocenters. The molecular formula is C15H26FN3. The summed E-state index contributed by atoms with van der Waals surface area (Å²) in [6.07, 6.45) is 4.50. The van der Waals surface area contributed by atoms with Gasteiger partial charge in [0.2, 0.25) is 0 Å². The molecule has 1 aromatic rings. The van der Waals surface area contributed by atoms with Crippen molar-refractivity contribution in [1.82, 2.24) is 10.3 Å². The van der Waals surface area contributed by atoms with Crippen LogP contribution in [0.4, 0.5) is 10.2 Å². The summed E-state index contributed by atoms with van der Waals surface area (Å²) >= 11 is 0.